The largest absolute Gasteiger partial charge is 0.295 e. The second-order valence-electron chi connectivity index (χ2n) is 4.61. The number of carbonyl (C=O) groups is 1. The molecule has 0 spiro atoms. The molecule has 0 N–H and O–H groups in total. The molecule has 0 saturated carbocycles. The fourth-order valence-corrected chi connectivity index (χ4v) is 2.54. The third-order valence-corrected chi connectivity index (χ3v) is 4.07. The van der Waals surface area contributed by atoms with E-state index in [4.69, 9.17) is 0 Å². The van der Waals surface area contributed by atoms with Gasteiger partial charge in [-0.15, -0.1) is 0 Å². The van der Waals surface area contributed by atoms with Gasteiger partial charge in [-0.1, -0.05) is 6.07 Å². The zero-order valence-corrected chi connectivity index (χ0v) is 12.6. The lowest BCUT2D eigenvalue weighted by atomic mass is 10.1. The van der Waals surface area contributed by atoms with Crippen molar-refractivity contribution in [1.29, 1.82) is 0 Å². The quantitative estimate of drug-likeness (QED) is 0.635. The van der Waals surface area contributed by atoms with E-state index < -0.39 is 5.82 Å². The van der Waals surface area contributed by atoms with Crippen molar-refractivity contribution in [3.63, 3.8) is 0 Å². The summed E-state index contributed by atoms with van der Waals surface area (Å²) in [6.45, 7) is 7.19. The number of hydrogen-bond donors (Lipinski definition) is 0. The molecule has 0 bridgehead atoms. The zero-order chi connectivity index (χ0) is 14.9. The SMILES string of the molecule is CC(=O)c1ccc(Sc2nc(C)c(C)c(C)n2)c(F)c1. The van der Waals surface area contributed by atoms with Crippen LogP contribution >= 0.6 is 11.8 Å². The van der Waals surface area contributed by atoms with Crippen LogP contribution in [0.15, 0.2) is 28.3 Å². The van der Waals surface area contributed by atoms with Crippen LogP contribution in [0.25, 0.3) is 0 Å². The predicted octanol–water partition coefficient (Wildman–Crippen LogP) is 3.89. The summed E-state index contributed by atoms with van der Waals surface area (Å²) in [7, 11) is 0. The topological polar surface area (TPSA) is 42.9 Å². The molecule has 0 saturated heterocycles. The van der Waals surface area contributed by atoms with Crippen LogP contribution in [0.3, 0.4) is 0 Å². The standard InChI is InChI=1S/C15H15FN2OS/c1-8-9(2)17-15(18-10(8)3)20-14-6-5-12(11(4)19)7-13(14)16/h5-7H,1-4H3. The summed E-state index contributed by atoms with van der Waals surface area (Å²) in [6, 6.07) is 4.45. The van der Waals surface area contributed by atoms with Crippen molar-refractivity contribution in [2.45, 2.75) is 37.7 Å². The van der Waals surface area contributed by atoms with Crippen LogP contribution in [0.5, 0.6) is 0 Å². The Morgan fingerprint density at radius 1 is 1.15 bits per heavy atom. The molecule has 5 heteroatoms. The smallest absolute Gasteiger partial charge is 0.192 e. The van der Waals surface area contributed by atoms with Gasteiger partial charge in [-0.05, 0) is 57.2 Å². The summed E-state index contributed by atoms with van der Waals surface area (Å²) < 4.78 is 13.9. The van der Waals surface area contributed by atoms with Crippen LogP contribution in [0.4, 0.5) is 4.39 Å². The fraction of sp³-hybridized carbons (Fsp3) is 0.267. The molecule has 0 aliphatic heterocycles. The van der Waals surface area contributed by atoms with E-state index >= 15 is 0 Å². The van der Waals surface area contributed by atoms with Gasteiger partial charge in [-0.2, -0.15) is 0 Å². The minimum absolute atomic E-state index is 0.154. The minimum atomic E-state index is -0.429. The number of benzene rings is 1. The average molecular weight is 290 g/mol. The van der Waals surface area contributed by atoms with Crippen molar-refractivity contribution < 1.29 is 9.18 Å². The molecule has 0 unspecified atom stereocenters. The molecule has 1 aromatic carbocycles. The first-order valence-electron chi connectivity index (χ1n) is 6.18. The van der Waals surface area contributed by atoms with E-state index in [-0.39, 0.29) is 5.78 Å². The number of hydrogen-bond acceptors (Lipinski definition) is 4. The van der Waals surface area contributed by atoms with Gasteiger partial charge >= 0.3 is 0 Å². The van der Waals surface area contributed by atoms with E-state index in [9.17, 15) is 9.18 Å². The van der Waals surface area contributed by atoms with E-state index in [0.29, 0.717) is 15.6 Å². The van der Waals surface area contributed by atoms with Gasteiger partial charge in [0.1, 0.15) is 5.82 Å². The van der Waals surface area contributed by atoms with Gasteiger partial charge in [-0.3, -0.25) is 4.79 Å². The molecule has 0 amide bonds. The molecule has 20 heavy (non-hydrogen) atoms. The van der Waals surface area contributed by atoms with Gasteiger partial charge in [0.2, 0.25) is 0 Å². The summed E-state index contributed by atoms with van der Waals surface area (Å²) >= 11 is 1.16. The second kappa shape index (κ2) is 5.71. The van der Waals surface area contributed by atoms with Crippen LogP contribution in [-0.2, 0) is 0 Å². The molecule has 2 rings (SSSR count). The van der Waals surface area contributed by atoms with Gasteiger partial charge in [0, 0.05) is 17.0 Å². The number of halogens is 1. The molecule has 0 fully saturated rings. The highest BCUT2D eigenvalue weighted by Gasteiger charge is 2.11. The number of aryl methyl sites for hydroxylation is 2. The first-order chi connectivity index (χ1) is 9.38. The summed E-state index contributed by atoms with van der Waals surface area (Å²) in [6.07, 6.45) is 0. The summed E-state index contributed by atoms with van der Waals surface area (Å²) in [5.41, 5.74) is 3.19. The molecule has 0 aliphatic rings. The summed E-state index contributed by atoms with van der Waals surface area (Å²) in [5, 5.41) is 0.514. The number of ketones is 1. The van der Waals surface area contributed by atoms with Crippen molar-refractivity contribution in [3.05, 3.63) is 46.5 Å². The molecule has 1 aromatic heterocycles. The van der Waals surface area contributed by atoms with Crippen molar-refractivity contribution in [3.8, 4) is 0 Å². The summed E-state index contributed by atoms with van der Waals surface area (Å²) in [5.74, 6) is -0.582. The van der Waals surface area contributed by atoms with E-state index in [2.05, 4.69) is 9.97 Å². The molecule has 1 heterocycles. The van der Waals surface area contributed by atoms with Crippen LogP contribution in [0.2, 0.25) is 0 Å². The van der Waals surface area contributed by atoms with Crippen LogP contribution in [0, 0.1) is 26.6 Å². The van der Waals surface area contributed by atoms with Gasteiger partial charge < -0.3 is 0 Å². The maximum Gasteiger partial charge on any atom is 0.192 e. The lowest BCUT2D eigenvalue weighted by Crippen LogP contribution is -1.99. The highest BCUT2D eigenvalue weighted by molar-refractivity contribution is 7.99. The second-order valence-corrected chi connectivity index (χ2v) is 5.61. The highest BCUT2D eigenvalue weighted by atomic mass is 32.2. The number of nitrogens with zero attached hydrogens (tertiary/aromatic N) is 2. The molecule has 0 atom stereocenters. The maximum atomic E-state index is 13.9. The van der Waals surface area contributed by atoms with Crippen molar-refractivity contribution in [2.24, 2.45) is 0 Å². The molecule has 104 valence electrons. The van der Waals surface area contributed by atoms with Gasteiger partial charge in [0.25, 0.3) is 0 Å². The lowest BCUT2D eigenvalue weighted by molar-refractivity contribution is 0.101. The first-order valence-corrected chi connectivity index (χ1v) is 7.00. The Balaban J connectivity index is 2.33. The molecule has 0 radical (unpaired) electrons. The van der Waals surface area contributed by atoms with Gasteiger partial charge in [-0.25, -0.2) is 14.4 Å². The van der Waals surface area contributed by atoms with Gasteiger partial charge in [0.15, 0.2) is 10.9 Å². The Morgan fingerprint density at radius 3 is 2.25 bits per heavy atom. The third kappa shape index (κ3) is 3.04. The Bertz CT molecular complexity index is 663. The van der Waals surface area contributed by atoms with Crippen LogP contribution in [0.1, 0.15) is 34.2 Å². The summed E-state index contributed by atoms with van der Waals surface area (Å²) in [4.78, 5) is 20.3. The third-order valence-electron chi connectivity index (χ3n) is 3.15. The molecule has 0 aliphatic carbocycles. The Labute approximate surface area is 121 Å². The highest BCUT2D eigenvalue weighted by Crippen LogP contribution is 2.28. The van der Waals surface area contributed by atoms with E-state index in [1.807, 2.05) is 20.8 Å². The monoisotopic (exact) mass is 290 g/mol. The van der Waals surface area contributed by atoms with Crippen LogP contribution < -0.4 is 0 Å². The molecule has 2 aromatic rings. The van der Waals surface area contributed by atoms with Crippen molar-refractivity contribution in [2.75, 3.05) is 0 Å². The Hall–Kier alpha value is -1.75. The minimum Gasteiger partial charge on any atom is -0.295 e. The number of Topliss-reactive ketones (excluding diaryl/α,β-unsaturated/α-hetero) is 1. The number of rotatable bonds is 3. The Morgan fingerprint density at radius 2 is 1.75 bits per heavy atom. The normalized spacial score (nSPS) is 10.7. The van der Waals surface area contributed by atoms with Crippen LogP contribution in [-0.4, -0.2) is 15.8 Å². The fourth-order valence-electron chi connectivity index (χ4n) is 1.69. The number of carbonyl (C=O) groups excluding carboxylic acids is 1. The van der Waals surface area contributed by atoms with Gasteiger partial charge in [0.05, 0.1) is 4.90 Å². The van der Waals surface area contributed by atoms with Crippen molar-refractivity contribution >= 4 is 17.5 Å². The lowest BCUT2D eigenvalue weighted by Gasteiger charge is -2.07. The first kappa shape index (κ1) is 14.7. The average Bonchev–Trinajstić information content (AvgIpc) is 2.38. The zero-order valence-electron chi connectivity index (χ0n) is 11.8. The van der Waals surface area contributed by atoms with Crippen molar-refractivity contribution in [1.82, 2.24) is 9.97 Å². The van der Waals surface area contributed by atoms with E-state index in [1.54, 1.807) is 12.1 Å². The predicted molar refractivity (Wildman–Crippen MR) is 76.8 cm³/mol. The Kier molecular flexibility index (Phi) is 4.18. The molecular formula is C15H15FN2OS. The molecule has 3 nitrogen and oxygen atoms in total. The maximum absolute atomic E-state index is 13.9. The van der Waals surface area contributed by atoms with E-state index in [1.165, 1.54) is 13.0 Å². The number of aromatic nitrogens is 2. The molecular weight excluding hydrogens is 275 g/mol. The van der Waals surface area contributed by atoms with E-state index in [0.717, 1.165) is 28.7 Å².